The molecule has 2 aliphatic rings. The van der Waals surface area contributed by atoms with Crippen LogP contribution < -0.4 is 16.4 Å². The van der Waals surface area contributed by atoms with Gasteiger partial charge in [0.05, 0.1) is 23.8 Å². The summed E-state index contributed by atoms with van der Waals surface area (Å²) in [7, 11) is -3.92. The summed E-state index contributed by atoms with van der Waals surface area (Å²) in [5.41, 5.74) is 13.6. The van der Waals surface area contributed by atoms with Crippen LogP contribution in [-0.2, 0) is 10.0 Å². The number of anilines is 1. The van der Waals surface area contributed by atoms with Gasteiger partial charge in [-0.05, 0) is 56.0 Å². The molecule has 0 saturated heterocycles. The normalized spacial score (nSPS) is 18.2. The zero-order valence-electron chi connectivity index (χ0n) is 19.8. The van der Waals surface area contributed by atoms with E-state index in [1.165, 1.54) is 6.07 Å². The second-order valence-corrected chi connectivity index (χ2v) is 11.0. The Kier molecular flexibility index (Phi) is 6.37. The Morgan fingerprint density at radius 2 is 1.69 bits per heavy atom. The number of sulfonamides is 1. The molecular formula is C24H30N6O5S. The summed E-state index contributed by atoms with van der Waals surface area (Å²) in [6.07, 6.45) is 4.76. The molecule has 192 valence electrons. The van der Waals surface area contributed by atoms with Gasteiger partial charge in [0, 0.05) is 29.9 Å². The maximum absolute atomic E-state index is 13.1. The SMILES string of the molecule is NC1=NC2(CCCCC2)N(c2ccc3c(c2)oc2ccc(S(=O)(=O)N(CCO)CCO)cc23)C(N)=N1. The molecular weight excluding hydrogens is 484 g/mol. The molecule has 1 saturated carbocycles. The average molecular weight is 515 g/mol. The number of nitrogens with two attached hydrogens (primary N) is 2. The lowest BCUT2D eigenvalue weighted by atomic mass is 9.87. The van der Waals surface area contributed by atoms with Gasteiger partial charge < -0.3 is 26.1 Å². The minimum absolute atomic E-state index is 0.0575. The van der Waals surface area contributed by atoms with Gasteiger partial charge in [-0.25, -0.2) is 13.4 Å². The lowest BCUT2D eigenvalue weighted by molar-refractivity contribution is 0.217. The van der Waals surface area contributed by atoms with Crippen molar-refractivity contribution in [2.75, 3.05) is 31.2 Å². The Hall–Kier alpha value is -3.19. The molecule has 1 aromatic heterocycles. The van der Waals surface area contributed by atoms with Crippen molar-refractivity contribution in [1.29, 1.82) is 0 Å². The highest BCUT2D eigenvalue weighted by atomic mass is 32.2. The lowest BCUT2D eigenvalue weighted by Gasteiger charge is -2.45. The van der Waals surface area contributed by atoms with E-state index in [1.807, 2.05) is 23.1 Å². The van der Waals surface area contributed by atoms with Gasteiger partial charge >= 0.3 is 0 Å². The molecule has 0 bridgehead atoms. The lowest BCUT2D eigenvalue weighted by Crippen LogP contribution is -2.58. The van der Waals surface area contributed by atoms with E-state index in [9.17, 15) is 18.6 Å². The Morgan fingerprint density at radius 1 is 0.972 bits per heavy atom. The van der Waals surface area contributed by atoms with Crippen LogP contribution in [-0.4, -0.2) is 66.8 Å². The summed E-state index contributed by atoms with van der Waals surface area (Å²) in [5, 5.41) is 19.9. The van der Waals surface area contributed by atoms with Gasteiger partial charge in [-0.2, -0.15) is 9.30 Å². The maximum Gasteiger partial charge on any atom is 0.243 e. The third-order valence-electron chi connectivity index (χ3n) is 6.87. The molecule has 3 aromatic rings. The molecule has 0 radical (unpaired) electrons. The predicted molar refractivity (Wildman–Crippen MR) is 138 cm³/mol. The second kappa shape index (κ2) is 9.36. The molecule has 6 N–H and O–H groups in total. The fraction of sp³-hybridized carbons (Fsp3) is 0.417. The van der Waals surface area contributed by atoms with Gasteiger partial charge in [-0.3, -0.25) is 4.90 Å². The molecule has 36 heavy (non-hydrogen) atoms. The zero-order chi connectivity index (χ0) is 25.5. The minimum atomic E-state index is -3.92. The standard InChI is InChI=1S/C24H30N6O5S/c25-22-27-23(26)30(24(28-22)8-2-1-3-9-24)16-4-6-18-19-15-17(5-7-20(19)35-21(18)14-16)36(33,34)29(10-12-31)11-13-32/h4-7,14-15,31-32H,1-3,8-13H2,(H4,25,26,27,28). The van der Waals surface area contributed by atoms with E-state index >= 15 is 0 Å². The van der Waals surface area contributed by atoms with Crippen LogP contribution in [0.4, 0.5) is 5.69 Å². The highest BCUT2D eigenvalue weighted by molar-refractivity contribution is 7.89. The first-order valence-corrected chi connectivity index (χ1v) is 13.4. The van der Waals surface area contributed by atoms with Gasteiger partial charge in [-0.1, -0.05) is 6.42 Å². The summed E-state index contributed by atoms with van der Waals surface area (Å²) >= 11 is 0. The van der Waals surface area contributed by atoms with E-state index < -0.39 is 15.7 Å². The summed E-state index contributed by atoms with van der Waals surface area (Å²) in [6, 6.07) is 10.3. The fourth-order valence-electron chi connectivity index (χ4n) is 5.26. The van der Waals surface area contributed by atoms with E-state index in [0.717, 1.165) is 47.5 Å². The molecule has 1 aliphatic heterocycles. The Bertz CT molecular complexity index is 1450. The van der Waals surface area contributed by atoms with Crippen molar-refractivity contribution in [3.05, 3.63) is 36.4 Å². The van der Waals surface area contributed by atoms with Crippen molar-refractivity contribution in [1.82, 2.24) is 4.31 Å². The van der Waals surface area contributed by atoms with Crippen LogP contribution in [0.1, 0.15) is 32.1 Å². The van der Waals surface area contributed by atoms with Crippen LogP contribution in [0.15, 0.2) is 55.7 Å². The first-order valence-electron chi connectivity index (χ1n) is 12.0. The maximum atomic E-state index is 13.1. The second-order valence-electron chi connectivity index (χ2n) is 9.11. The van der Waals surface area contributed by atoms with E-state index in [4.69, 9.17) is 20.9 Å². The summed E-state index contributed by atoms with van der Waals surface area (Å²) in [5.74, 6) is 0.460. The number of nitrogens with zero attached hydrogens (tertiary/aromatic N) is 4. The average Bonchev–Trinajstić information content (AvgIpc) is 3.21. The fourth-order valence-corrected chi connectivity index (χ4v) is 6.71. The van der Waals surface area contributed by atoms with Crippen molar-refractivity contribution in [3.8, 4) is 0 Å². The van der Waals surface area contributed by atoms with Crippen LogP contribution >= 0.6 is 0 Å². The van der Waals surface area contributed by atoms with Crippen molar-refractivity contribution in [2.45, 2.75) is 42.7 Å². The van der Waals surface area contributed by atoms with Crippen molar-refractivity contribution >= 4 is 49.6 Å². The highest BCUT2D eigenvalue weighted by Crippen LogP contribution is 2.41. The van der Waals surface area contributed by atoms with Crippen molar-refractivity contribution in [2.24, 2.45) is 21.5 Å². The molecule has 1 aliphatic carbocycles. The smallest absolute Gasteiger partial charge is 0.243 e. The van der Waals surface area contributed by atoms with Gasteiger partial charge in [0.1, 0.15) is 16.8 Å². The predicted octanol–water partition coefficient (Wildman–Crippen LogP) is 1.67. The number of rotatable bonds is 7. The summed E-state index contributed by atoms with van der Waals surface area (Å²) in [6.45, 7) is -0.911. The zero-order valence-corrected chi connectivity index (χ0v) is 20.6. The third-order valence-corrected chi connectivity index (χ3v) is 8.77. The first-order chi connectivity index (χ1) is 17.3. The summed E-state index contributed by atoms with van der Waals surface area (Å²) in [4.78, 5) is 10.9. The van der Waals surface area contributed by atoms with Crippen molar-refractivity contribution in [3.63, 3.8) is 0 Å². The number of aliphatic hydroxyl groups excluding tert-OH is 2. The summed E-state index contributed by atoms with van der Waals surface area (Å²) < 4.78 is 33.4. The Labute approximate surface area is 208 Å². The largest absolute Gasteiger partial charge is 0.456 e. The van der Waals surface area contributed by atoms with Crippen molar-refractivity contribution < 1.29 is 23.0 Å². The number of furan rings is 1. The molecule has 0 amide bonds. The minimum Gasteiger partial charge on any atom is -0.456 e. The van der Waals surface area contributed by atoms with Crippen LogP contribution in [0, 0.1) is 0 Å². The number of guanidine groups is 2. The first kappa shape index (κ1) is 24.5. The Balaban J connectivity index is 1.57. The topological polar surface area (TPSA) is 171 Å². The van der Waals surface area contributed by atoms with Gasteiger partial charge in [0.2, 0.25) is 21.9 Å². The number of hydrogen-bond donors (Lipinski definition) is 4. The van der Waals surface area contributed by atoms with Crippen LogP contribution in [0.5, 0.6) is 0 Å². The van der Waals surface area contributed by atoms with E-state index in [1.54, 1.807) is 12.1 Å². The van der Waals surface area contributed by atoms with E-state index in [2.05, 4.69) is 4.99 Å². The molecule has 0 unspecified atom stereocenters. The molecule has 5 rings (SSSR count). The van der Waals surface area contributed by atoms with Crippen LogP contribution in [0.3, 0.4) is 0 Å². The van der Waals surface area contributed by atoms with Crippen LogP contribution in [0.25, 0.3) is 21.9 Å². The van der Waals surface area contributed by atoms with Gasteiger partial charge in [-0.15, -0.1) is 0 Å². The number of benzene rings is 2. The molecule has 2 aromatic carbocycles. The molecule has 11 nitrogen and oxygen atoms in total. The number of fused-ring (bicyclic) bond motifs is 3. The quantitative estimate of drug-likeness (QED) is 0.369. The molecule has 0 atom stereocenters. The van der Waals surface area contributed by atoms with E-state index in [0.29, 0.717) is 16.6 Å². The molecule has 12 heteroatoms. The number of aliphatic hydroxyl groups is 2. The number of hydrogen-bond acceptors (Lipinski definition) is 10. The number of aliphatic imine (C=N–C) groups is 2. The third kappa shape index (κ3) is 4.09. The highest BCUT2D eigenvalue weighted by Gasteiger charge is 2.42. The monoisotopic (exact) mass is 514 g/mol. The molecule has 1 fully saturated rings. The van der Waals surface area contributed by atoms with Crippen LogP contribution in [0.2, 0.25) is 0 Å². The molecule has 2 heterocycles. The van der Waals surface area contributed by atoms with Gasteiger partial charge in [0.15, 0.2) is 0 Å². The van der Waals surface area contributed by atoms with E-state index in [-0.39, 0.29) is 43.1 Å². The Morgan fingerprint density at radius 3 is 2.39 bits per heavy atom. The molecule has 1 spiro atoms. The van der Waals surface area contributed by atoms with Gasteiger partial charge in [0.25, 0.3) is 0 Å².